The maximum atomic E-state index is 13.1. The van der Waals surface area contributed by atoms with Gasteiger partial charge in [-0.05, 0) is 42.5 Å². The number of amides is 1. The van der Waals surface area contributed by atoms with Crippen molar-refractivity contribution in [1.82, 2.24) is 19.2 Å². The molecule has 0 saturated carbocycles. The molecular weight excluding hydrogens is 491 g/mol. The molecule has 0 spiro atoms. The van der Waals surface area contributed by atoms with Gasteiger partial charge < -0.3 is 19.5 Å². The molecule has 4 rings (SSSR count). The fourth-order valence-electron chi connectivity index (χ4n) is 3.62. The number of rotatable bonds is 7. The van der Waals surface area contributed by atoms with Gasteiger partial charge in [0.15, 0.2) is 5.82 Å². The van der Waals surface area contributed by atoms with E-state index in [9.17, 15) is 27.6 Å². The summed E-state index contributed by atoms with van der Waals surface area (Å²) in [6.45, 7) is 0.172. The summed E-state index contributed by atoms with van der Waals surface area (Å²) in [7, 11) is 3.26. The molecule has 4 aromatic rings. The molecule has 9 nitrogen and oxygen atoms in total. The van der Waals surface area contributed by atoms with Crippen LogP contribution in [0, 0.1) is 0 Å². The van der Waals surface area contributed by atoms with Crippen LogP contribution in [0.15, 0.2) is 76.4 Å². The molecule has 0 aliphatic carbocycles. The molecule has 192 valence electrons. The number of aromatic nitrogens is 3. The number of halogens is 3. The van der Waals surface area contributed by atoms with Gasteiger partial charge in [-0.1, -0.05) is 18.2 Å². The number of benzene rings is 2. The highest BCUT2D eigenvalue weighted by molar-refractivity contribution is 5.92. The standard InChI is InChI=1S/C25H22F3N5O4/c1-31(2)21(34)13-15-32-14-5-8-20(24(32)36)29-22-18-6-3-4-7-19(18)23(35)33(30-22)16-9-11-17(12-10-16)37-25(26,27)28/h3-12,14H,13,15H2,1-2H3,(H,29,30). The van der Waals surface area contributed by atoms with Crippen LogP contribution in [0.1, 0.15) is 6.42 Å². The van der Waals surface area contributed by atoms with E-state index in [1.54, 1.807) is 56.7 Å². The number of anilines is 2. The molecule has 1 amide bonds. The van der Waals surface area contributed by atoms with Crippen molar-refractivity contribution in [1.29, 1.82) is 0 Å². The van der Waals surface area contributed by atoms with Gasteiger partial charge in [0.2, 0.25) is 5.91 Å². The van der Waals surface area contributed by atoms with Crippen molar-refractivity contribution >= 4 is 28.2 Å². The number of hydrogen-bond acceptors (Lipinski definition) is 6. The third kappa shape index (κ3) is 5.80. The van der Waals surface area contributed by atoms with E-state index in [4.69, 9.17) is 0 Å². The van der Waals surface area contributed by atoms with Gasteiger partial charge in [0, 0.05) is 38.6 Å². The molecule has 0 fully saturated rings. The molecule has 0 aliphatic rings. The smallest absolute Gasteiger partial charge is 0.406 e. The monoisotopic (exact) mass is 513 g/mol. The van der Waals surface area contributed by atoms with Crippen LogP contribution < -0.4 is 21.2 Å². The van der Waals surface area contributed by atoms with Crippen LogP contribution in [0.25, 0.3) is 16.5 Å². The summed E-state index contributed by atoms with van der Waals surface area (Å²) in [5, 5.41) is 8.06. The van der Waals surface area contributed by atoms with Crippen molar-refractivity contribution in [2.45, 2.75) is 19.3 Å². The van der Waals surface area contributed by atoms with Gasteiger partial charge in [-0.2, -0.15) is 4.68 Å². The second-order valence-electron chi connectivity index (χ2n) is 8.24. The summed E-state index contributed by atoms with van der Waals surface area (Å²) in [6, 6.07) is 14.5. The van der Waals surface area contributed by atoms with Crippen LogP contribution in [-0.2, 0) is 11.3 Å². The average Bonchev–Trinajstić information content (AvgIpc) is 2.85. The molecule has 0 bridgehead atoms. The van der Waals surface area contributed by atoms with Crippen LogP contribution in [0.3, 0.4) is 0 Å². The summed E-state index contributed by atoms with van der Waals surface area (Å²) in [5.74, 6) is -0.386. The zero-order chi connectivity index (χ0) is 26.7. The van der Waals surface area contributed by atoms with Gasteiger partial charge in [-0.3, -0.25) is 14.4 Å². The molecule has 37 heavy (non-hydrogen) atoms. The Morgan fingerprint density at radius 1 is 0.973 bits per heavy atom. The summed E-state index contributed by atoms with van der Waals surface area (Å²) < 4.78 is 43.8. The fourth-order valence-corrected chi connectivity index (χ4v) is 3.62. The van der Waals surface area contributed by atoms with Crippen molar-refractivity contribution in [3.8, 4) is 11.4 Å². The lowest BCUT2D eigenvalue weighted by atomic mass is 10.2. The molecular formula is C25H22F3N5O4. The molecule has 2 aromatic carbocycles. The van der Waals surface area contributed by atoms with E-state index >= 15 is 0 Å². The number of carbonyl (C=O) groups is 1. The van der Waals surface area contributed by atoms with E-state index < -0.39 is 23.2 Å². The Kier molecular flexibility index (Phi) is 7.00. The number of carbonyl (C=O) groups excluding carboxylic acids is 1. The Labute approximate surface area is 208 Å². The molecule has 2 aromatic heterocycles. The minimum absolute atomic E-state index is 0.128. The SMILES string of the molecule is CN(C)C(=O)CCn1cccc(Nc2nn(-c3ccc(OC(F)(F)F)cc3)c(=O)c3ccccc23)c1=O. The Balaban J connectivity index is 1.73. The van der Waals surface area contributed by atoms with Crippen molar-refractivity contribution in [2.75, 3.05) is 19.4 Å². The van der Waals surface area contributed by atoms with E-state index in [1.807, 2.05) is 0 Å². The lowest BCUT2D eigenvalue weighted by Gasteiger charge is -2.14. The second kappa shape index (κ2) is 10.2. The third-order valence-corrected chi connectivity index (χ3v) is 5.46. The van der Waals surface area contributed by atoms with Gasteiger partial charge in [-0.15, -0.1) is 18.3 Å². The number of hydrogen-bond donors (Lipinski definition) is 1. The van der Waals surface area contributed by atoms with Crippen molar-refractivity contribution < 1.29 is 22.7 Å². The Morgan fingerprint density at radius 2 is 1.65 bits per heavy atom. The van der Waals surface area contributed by atoms with E-state index in [0.29, 0.717) is 5.39 Å². The van der Waals surface area contributed by atoms with Gasteiger partial charge in [0.1, 0.15) is 11.4 Å². The van der Waals surface area contributed by atoms with Crippen LogP contribution in [0.5, 0.6) is 5.75 Å². The van der Waals surface area contributed by atoms with E-state index in [-0.39, 0.29) is 41.5 Å². The van der Waals surface area contributed by atoms with Gasteiger partial charge in [-0.25, -0.2) is 0 Å². The van der Waals surface area contributed by atoms with Gasteiger partial charge in [0.25, 0.3) is 11.1 Å². The highest BCUT2D eigenvalue weighted by Gasteiger charge is 2.31. The van der Waals surface area contributed by atoms with Crippen LogP contribution in [0.2, 0.25) is 0 Å². The minimum Gasteiger partial charge on any atom is -0.406 e. The number of pyridine rings is 1. The van der Waals surface area contributed by atoms with Crippen LogP contribution >= 0.6 is 0 Å². The topological polar surface area (TPSA) is 98.5 Å². The Bertz CT molecular complexity index is 1560. The first-order chi connectivity index (χ1) is 17.5. The number of alkyl halides is 3. The molecule has 2 heterocycles. The molecule has 0 atom stereocenters. The predicted octanol–water partition coefficient (Wildman–Crippen LogP) is 3.67. The summed E-state index contributed by atoms with van der Waals surface area (Å²) in [4.78, 5) is 39.5. The highest BCUT2D eigenvalue weighted by atomic mass is 19.4. The number of nitrogens with one attached hydrogen (secondary N) is 1. The molecule has 0 aliphatic heterocycles. The molecule has 0 saturated heterocycles. The first kappa shape index (κ1) is 25.5. The lowest BCUT2D eigenvalue weighted by molar-refractivity contribution is -0.274. The molecule has 1 N–H and O–H groups in total. The summed E-state index contributed by atoms with van der Waals surface area (Å²) in [6.07, 6.45) is -3.15. The number of nitrogens with zero attached hydrogens (tertiary/aromatic N) is 4. The first-order valence-electron chi connectivity index (χ1n) is 11.1. The zero-order valence-corrected chi connectivity index (χ0v) is 19.8. The van der Waals surface area contributed by atoms with E-state index in [0.717, 1.165) is 16.8 Å². The lowest BCUT2D eigenvalue weighted by Crippen LogP contribution is -2.27. The van der Waals surface area contributed by atoms with Crippen molar-refractivity contribution in [3.05, 3.63) is 87.6 Å². The minimum atomic E-state index is -4.85. The first-order valence-corrected chi connectivity index (χ1v) is 11.1. The maximum absolute atomic E-state index is 13.1. The van der Waals surface area contributed by atoms with Crippen LogP contribution in [0.4, 0.5) is 24.7 Å². The van der Waals surface area contributed by atoms with Crippen molar-refractivity contribution in [2.24, 2.45) is 0 Å². The quantitative estimate of drug-likeness (QED) is 0.405. The van der Waals surface area contributed by atoms with E-state index in [1.165, 1.54) is 21.6 Å². The predicted molar refractivity (Wildman–Crippen MR) is 131 cm³/mol. The van der Waals surface area contributed by atoms with Crippen molar-refractivity contribution in [3.63, 3.8) is 0 Å². The number of ether oxygens (including phenoxy) is 1. The average molecular weight is 513 g/mol. The van der Waals surface area contributed by atoms with Crippen LogP contribution in [-0.4, -0.2) is 45.6 Å². The highest BCUT2D eigenvalue weighted by Crippen LogP contribution is 2.25. The van der Waals surface area contributed by atoms with Gasteiger partial charge in [0.05, 0.1) is 11.1 Å². The second-order valence-corrected chi connectivity index (χ2v) is 8.24. The third-order valence-electron chi connectivity index (χ3n) is 5.46. The summed E-state index contributed by atoms with van der Waals surface area (Å²) in [5.41, 5.74) is -0.540. The summed E-state index contributed by atoms with van der Waals surface area (Å²) >= 11 is 0. The molecule has 12 heteroatoms. The Hall–Kier alpha value is -4.61. The fraction of sp³-hybridized carbons (Fsp3) is 0.200. The largest absolute Gasteiger partial charge is 0.573 e. The maximum Gasteiger partial charge on any atom is 0.573 e. The Morgan fingerprint density at radius 3 is 2.30 bits per heavy atom. The molecule has 0 unspecified atom stereocenters. The number of aryl methyl sites for hydroxylation is 1. The zero-order valence-electron chi connectivity index (χ0n) is 19.8. The number of fused-ring (bicyclic) bond motifs is 1. The molecule has 0 radical (unpaired) electrons. The van der Waals surface area contributed by atoms with Gasteiger partial charge >= 0.3 is 6.36 Å². The normalized spacial score (nSPS) is 11.4. The van der Waals surface area contributed by atoms with E-state index in [2.05, 4.69) is 15.2 Å².